The van der Waals surface area contributed by atoms with Crippen LogP contribution in [0.4, 0.5) is 0 Å². The van der Waals surface area contributed by atoms with Gasteiger partial charge in [0.15, 0.2) is 5.17 Å². The van der Waals surface area contributed by atoms with Crippen LogP contribution in [0.15, 0.2) is 4.99 Å². The van der Waals surface area contributed by atoms with Crippen molar-refractivity contribution in [1.82, 2.24) is 10.6 Å². The molecule has 0 bridgehead atoms. The van der Waals surface area contributed by atoms with Gasteiger partial charge in [0.05, 0.1) is 0 Å². The summed E-state index contributed by atoms with van der Waals surface area (Å²) in [6.07, 6.45) is 1.15. The average molecular weight is 229 g/mol. The molecular formula is C9H15N3O2S. The summed E-state index contributed by atoms with van der Waals surface area (Å²) in [7, 11) is 1.56. The van der Waals surface area contributed by atoms with Crippen LogP contribution in [0.25, 0.3) is 0 Å². The molecule has 1 aliphatic rings. The lowest BCUT2D eigenvalue weighted by Crippen LogP contribution is -2.29. The number of rotatable bonds is 4. The molecule has 1 saturated heterocycles. The predicted octanol–water partition coefficient (Wildman–Crippen LogP) is 0.120. The Morgan fingerprint density at radius 2 is 2.40 bits per heavy atom. The Labute approximate surface area is 93.1 Å². The normalized spacial score (nSPS) is 22.9. The van der Waals surface area contributed by atoms with E-state index in [4.69, 9.17) is 0 Å². The first-order chi connectivity index (χ1) is 7.17. The molecule has 1 rings (SSSR count). The third-order valence-corrected chi connectivity index (χ3v) is 3.02. The van der Waals surface area contributed by atoms with Crippen LogP contribution in [-0.2, 0) is 9.59 Å². The van der Waals surface area contributed by atoms with Gasteiger partial charge in [0, 0.05) is 20.0 Å². The number of hydrogen-bond acceptors (Lipinski definition) is 4. The lowest BCUT2D eigenvalue weighted by Gasteiger charge is -2.02. The van der Waals surface area contributed by atoms with E-state index in [0.29, 0.717) is 11.7 Å². The summed E-state index contributed by atoms with van der Waals surface area (Å²) >= 11 is 1.33. The van der Waals surface area contributed by atoms with Crippen LogP contribution in [0.5, 0.6) is 0 Å². The van der Waals surface area contributed by atoms with Crippen LogP contribution in [0.3, 0.4) is 0 Å². The smallest absolute Gasteiger partial charge is 0.240 e. The number of nitrogens with one attached hydrogen (secondary N) is 2. The second-order valence-corrected chi connectivity index (χ2v) is 4.35. The van der Waals surface area contributed by atoms with Crippen LogP contribution in [-0.4, -0.2) is 35.8 Å². The molecule has 1 heterocycles. The van der Waals surface area contributed by atoms with Crippen molar-refractivity contribution in [2.45, 2.75) is 25.0 Å². The Hall–Kier alpha value is -1.04. The molecular weight excluding hydrogens is 214 g/mol. The summed E-state index contributed by atoms with van der Waals surface area (Å²) in [6.45, 7) is 2.73. The number of thioether (sulfide) groups is 1. The monoisotopic (exact) mass is 229 g/mol. The van der Waals surface area contributed by atoms with Gasteiger partial charge < -0.3 is 10.6 Å². The molecule has 15 heavy (non-hydrogen) atoms. The van der Waals surface area contributed by atoms with Crippen molar-refractivity contribution in [1.29, 1.82) is 0 Å². The van der Waals surface area contributed by atoms with Gasteiger partial charge in [-0.1, -0.05) is 18.7 Å². The topological polar surface area (TPSA) is 70.6 Å². The van der Waals surface area contributed by atoms with E-state index in [1.54, 1.807) is 7.05 Å². The third-order valence-electron chi connectivity index (χ3n) is 1.91. The van der Waals surface area contributed by atoms with Crippen molar-refractivity contribution in [3.8, 4) is 0 Å². The molecule has 1 aliphatic heterocycles. The van der Waals surface area contributed by atoms with Gasteiger partial charge in [-0.15, -0.1) is 0 Å². The highest BCUT2D eigenvalue weighted by atomic mass is 32.2. The molecule has 0 spiro atoms. The fraction of sp³-hybridized carbons (Fsp3) is 0.667. The fourth-order valence-electron chi connectivity index (χ4n) is 1.10. The van der Waals surface area contributed by atoms with Crippen LogP contribution >= 0.6 is 11.8 Å². The molecule has 0 saturated carbocycles. The molecule has 1 atom stereocenters. The first-order valence-corrected chi connectivity index (χ1v) is 5.78. The zero-order valence-electron chi connectivity index (χ0n) is 8.87. The first-order valence-electron chi connectivity index (χ1n) is 4.90. The van der Waals surface area contributed by atoms with E-state index in [0.717, 1.165) is 6.42 Å². The van der Waals surface area contributed by atoms with E-state index < -0.39 is 0 Å². The molecule has 0 unspecified atom stereocenters. The van der Waals surface area contributed by atoms with Crippen molar-refractivity contribution in [3.05, 3.63) is 0 Å². The Balaban J connectivity index is 2.49. The second kappa shape index (κ2) is 5.75. The molecule has 0 aromatic carbocycles. The van der Waals surface area contributed by atoms with Gasteiger partial charge in [-0.2, -0.15) is 0 Å². The van der Waals surface area contributed by atoms with Gasteiger partial charge in [0.25, 0.3) is 0 Å². The summed E-state index contributed by atoms with van der Waals surface area (Å²) in [5, 5.41) is 5.46. The molecule has 0 aromatic rings. The van der Waals surface area contributed by atoms with Gasteiger partial charge in [0.2, 0.25) is 11.8 Å². The van der Waals surface area contributed by atoms with Crippen LogP contribution < -0.4 is 10.6 Å². The summed E-state index contributed by atoms with van der Waals surface area (Å²) < 4.78 is 0. The standard InChI is InChI=1S/C9H15N3O2S/c1-3-4-11-9-12-8(14)6(15-9)5-7(13)10-2/h6H,3-5H2,1-2H3,(H,10,13)(H,11,12,14)/t6-/m1/s1. The summed E-state index contributed by atoms with van der Waals surface area (Å²) in [5.74, 6) is -0.252. The third kappa shape index (κ3) is 3.54. The highest BCUT2D eigenvalue weighted by molar-refractivity contribution is 8.15. The maximum Gasteiger partial charge on any atom is 0.240 e. The molecule has 84 valence electrons. The van der Waals surface area contributed by atoms with Crippen molar-refractivity contribution in [2.24, 2.45) is 4.99 Å². The minimum Gasteiger partial charge on any atom is -0.359 e. The van der Waals surface area contributed by atoms with E-state index in [1.165, 1.54) is 11.8 Å². The Morgan fingerprint density at radius 1 is 1.67 bits per heavy atom. The summed E-state index contributed by atoms with van der Waals surface area (Å²) in [5.41, 5.74) is 0. The molecule has 6 heteroatoms. The maximum absolute atomic E-state index is 11.4. The highest BCUT2D eigenvalue weighted by Gasteiger charge is 2.31. The fourth-order valence-corrected chi connectivity index (χ4v) is 2.09. The molecule has 2 N–H and O–H groups in total. The van der Waals surface area contributed by atoms with Crippen molar-refractivity contribution in [2.75, 3.05) is 13.6 Å². The van der Waals surface area contributed by atoms with Crippen molar-refractivity contribution < 1.29 is 9.59 Å². The second-order valence-electron chi connectivity index (χ2n) is 3.16. The van der Waals surface area contributed by atoms with Gasteiger partial charge >= 0.3 is 0 Å². The lowest BCUT2D eigenvalue weighted by atomic mass is 10.3. The number of carbonyl (C=O) groups excluding carboxylic acids is 2. The average Bonchev–Trinajstić information content (AvgIpc) is 2.56. The number of nitrogens with zero attached hydrogens (tertiary/aromatic N) is 1. The lowest BCUT2D eigenvalue weighted by molar-refractivity contribution is -0.124. The zero-order valence-corrected chi connectivity index (χ0v) is 9.69. The molecule has 0 aromatic heterocycles. The van der Waals surface area contributed by atoms with Gasteiger partial charge in [-0.25, -0.2) is 0 Å². The number of amidine groups is 1. The van der Waals surface area contributed by atoms with E-state index in [2.05, 4.69) is 15.6 Å². The first kappa shape index (κ1) is 12.0. The number of hydrogen-bond donors (Lipinski definition) is 2. The quantitative estimate of drug-likeness (QED) is 0.719. The molecule has 0 aliphatic carbocycles. The van der Waals surface area contributed by atoms with Crippen LogP contribution in [0.1, 0.15) is 19.8 Å². The van der Waals surface area contributed by atoms with Gasteiger partial charge in [-0.05, 0) is 6.42 Å². The minimum atomic E-state index is -0.333. The van der Waals surface area contributed by atoms with E-state index in [1.807, 2.05) is 6.92 Å². The molecule has 2 amide bonds. The van der Waals surface area contributed by atoms with Gasteiger partial charge in [0.1, 0.15) is 5.25 Å². The maximum atomic E-state index is 11.4. The predicted molar refractivity (Wildman–Crippen MR) is 60.8 cm³/mol. The zero-order chi connectivity index (χ0) is 11.3. The Kier molecular flexibility index (Phi) is 4.61. The van der Waals surface area contributed by atoms with E-state index >= 15 is 0 Å². The van der Waals surface area contributed by atoms with E-state index in [9.17, 15) is 9.59 Å². The molecule has 1 fully saturated rings. The summed E-state index contributed by atoms with van der Waals surface area (Å²) in [4.78, 5) is 26.7. The van der Waals surface area contributed by atoms with Crippen LogP contribution in [0, 0.1) is 0 Å². The Morgan fingerprint density at radius 3 is 3.00 bits per heavy atom. The highest BCUT2D eigenvalue weighted by Crippen LogP contribution is 2.22. The number of aliphatic imine (C=N–C) groups is 1. The largest absolute Gasteiger partial charge is 0.359 e. The minimum absolute atomic E-state index is 0.126. The summed E-state index contributed by atoms with van der Waals surface area (Å²) in [6, 6.07) is 0. The molecule has 5 nitrogen and oxygen atoms in total. The van der Waals surface area contributed by atoms with Crippen LogP contribution in [0.2, 0.25) is 0 Å². The SMILES string of the molecule is CCCN=C1NC(=O)[C@@H](CC(=O)NC)S1. The van der Waals surface area contributed by atoms with Gasteiger partial charge in [-0.3, -0.25) is 14.6 Å². The van der Waals surface area contributed by atoms with Crippen molar-refractivity contribution in [3.63, 3.8) is 0 Å². The Bertz CT molecular complexity index is 291. The number of carbonyl (C=O) groups is 2. The van der Waals surface area contributed by atoms with E-state index in [-0.39, 0.29) is 23.5 Å². The van der Waals surface area contributed by atoms with Crippen molar-refractivity contribution >= 4 is 28.7 Å². The number of amides is 2. The molecule has 0 radical (unpaired) electrons.